The monoisotopic (exact) mass is 473 g/mol. The number of hydrogen-bond acceptors (Lipinski definition) is 8. The lowest BCUT2D eigenvalue weighted by Gasteiger charge is -2.32. The summed E-state index contributed by atoms with van der Waals surface area (Å²) >= 11 is 0. The first-order valence-electron chi connectivity index (χ1n) is 11.9. The van der Waals surface area contributed by atoms with Crippen molar-refractivity contribution in [2.45, 2.75) is 13.5 Å². The maximum absolute atomic E-state index is 5.92. The summed E-state index contributed by atoms with van der Waals surface area (Å²) in [4.78, 5) is 18.5. The van der Waals surface area contributed by atoms with Crippen molar-refractivity contribution >= 4 is 11.0 Å². The summed E-state index contributed by atoms with van der Waals surface area (Å²) in [5, 5.41) is 5.72. The minimum absolute atomic E-state index is 0.531. The van der Waals surface area contributed by atoms with Crippen molar-refractivity contribution in [3.05, 3.63) is 60.2 Å². The average Bonchev–Trinajstić information content (AvgIpc) is 3.20. The van der Waals surface area contributed by atoms with Crippen molar-refractivity contribution in [1.82, 2.24) is 34.5 Å². The fourth-order valence-corrected chi connectivity index (χ4v) is 4.27. The number of aryl methyl sites for hydroxylation is 1. The van der Waals surface area contributed by atoms with Crippen LogP contribution in [0.15, 0.2) is 48.9 Å². The van der Waals surface area contributed by atoms with E-state index in [1.807, 2.05) is 42.1 Å². The molecule has 9 heteroatoms. The van der Waals surface area contributed by atoms with Gasteiger partial charge in [-0.05, 0) is 37.7 Å². The van der Waals surface area contributed by atoms with Gasteiger partial charge in [-0.1, -0.05) is 12.1 Å². The van der Waals surface area contributed by atoms with Crippen LogP contribution in [0.25, 0.3) is 22.3 Å². The molecule has 0 aliphatic carbocycles. The Morgan fingerprint density at radius 1 is 1.00 bits per heavy atom. The van der Waals surface area contributed by atoms with E-state index >= 15 is 0 Å². The van der Waals surface area contributed by atoms with Crippen molar-refractivity contribution in [2.24, 2.45) is 0 Å². The van der Waals surface area contributed by atoms with Crippen LogP contribution in [0.5, 0.6) is 11.6 Å². The maximum Gasteiger partial charge on any atom is 0.232 e. The first-order chi connectivity index (χ1) is 17.1. The maximum atomic E-state index is 5.92. The molecule has 4 aromatic rings. The SMILES string of the molecule is COc1ccc(Cn2nc(C)c3cc(-c4cncc(OCCN5CCN(C)CC5)n4)cnc32)cc1. The molecule has 35 heavy (non-hydrogen) atoms. The number of pyridine rings is 1. The topological polar surface area (TPSA) is 81.4 Å². The van der Waals surface area contributed by atoms with E-state index in [4.69, 9.17) is 19.6 Å². The highest BCUT2D eigenvalue weighted by molar-refractivity contribution is 5.82. The third-order valence-electron chi connectivity index (χ3n) is 6.42. The second-order valence-electron chi connectivity index (χ2n) is 8.92. The highest BCUT2D eigenvalue weighted by atomic mass is 16.5. The lowest BCUT2D eigenvalue weighted by Crippen LogP contribution is -2.45. The molecule has 3 aromatic heterocycles. The minimum atomic E-state index is 0.531. The van der Waals surface area contributed by atoms with Crippen molar-refractivity contribution in [1.29, 1.82) is 0 Å². The quantitative estimate of drug-likeness (QED) is 0.386. The van der Waals surface area contributed by atoms with E-state index in [0.717, 1.165) is 72.0 Å². The van der Waals surface area contributed by atoms with Crippen LogP contribution in [-0.2, 0) is 6.54 Å². The summed E-state index contributed by atoms with van der Waals surface area (Å²) in [6, 6.07) is 10.1. The van der Waals surface area contributed by atoms with Gasteiger partial charge in [0.1, 0.15) is 12.4 Å². The van der Waals surface area contributed by atoms with Gasteiger partial charge in [-0.15, -0.1) is 0 Å². The molecular weight excluding hydrogens is 442 g/mol. The van der Waals surface area contributed by atoms with Crippen LogP contribution in [0.2, 0.25) is 0 Å². The van der Waals surface area contributed by atoms with Crippen molar-refractivity contribution in [3.63, 3.8) is 0 Å². The first-order valence-corrected chi connectivity index (χ1v) is 11.9. The molecule has 0 unspecified atom stereocenters. The summed E-state index contributed by atoms with van der Waals surface area (Å²) in [6.45, 7) is 8.46. The van der Waals surface area contributed by atoms with E-state index in [0.29, 0.717) is 19.0 Å². The van der Waals surface area contributed by atoms with Crippen molar-refractivity contribution in [2.75, 3.05) is 53.5 Å². The first kappa shape index (κ1) is 23.2. The lowest BCUT2D eigenvalue weighted by molar-refractivity contribution is 0.132. The summed E-state index contributed by atoms with van der Waals surface area (Å²) < 4.78 is 13.1. The number of methoxy groups -OCH3 is 1. The number of piperazine rings is 1. The van der Waals surface area contributed by atoms with Gasteiger partial charge in [0.25, 0.3) is 0 Å². The number of likely N-dealkylation sites (N-methyl/N-ethyl adjacent to an activating group) is 1. The second-order valence-corrected chi connectivity index (χ2v) is 8.92. The van der Waals surface area contributed by atoms with Gasteiger partial charge in [0.15, 0.2) is 5.65 Å². The van der Waals surface area contributed by atoms with E-state index in [2.05, 4.69) is 32.9 Å². The normalized spacial score (nSPS) is 14.9. The summed E-state index contributed by atoms with van der Waals surface area (Å²) in [5.41, 5.74) is 4.53. The lowest BCUT2D eigenvalue weighted by atomic mass is 10.1. The Hall–Kier alpha value is -3.56. The largest absolute Gasteiger partial charge is 0.497 e. The van der Waals surface area contributed by atoms with Gasteiger partial charge in [0.2, 0.25) is 5.88 Å². The molecule has 0 atom stereocenters. The Morgan fingerprint density at radius 3 is 2.57 bits per heavy atom. The van der Waals surface area contributed by atoms with E-state index < -0.39 is 0 Å². The molecule has 0 radical (unpaired) electrons. The van der Waals surface area contributed by atoms with Crippen molar-refractivity contribution in [3.8, 4) is 22.9 Å². The molecule has 182 valence electrons. The van der Waals surface area contributed by atoms with Gasteiger partial charge >= 0.3 is 0 Å². The molecule has 0 saturated carbocycles. The number of fused-ring (bicyclic) bond motifs is 1. The third kappa shape index (κ3) is 5.41. The Balaban J connectivity index is 1.28. The molecule has 0 N–H and O–H groups in total. The highest BCUT2D eigenvalue weighted by Gasteiger charge is 2.15. The molecule has 0 spiro atoms. The van der Waals surface area contributed by atoms with E-state index in [1.165, 1.54) is 0 Å². The number of rotatable bonds is 8. The summed E-state index contributed by atoms with van der Waals surface area (Å²) in [6.07, 6.45) is 5.23. The zero-order valence-corrected chi connectivity index (χ0v) is 20.5. The minimum Gasteiger partial charge on any atom is -0.497 e. The van der Waals surface area contributed by atoms with E-state index in [-0.39, 0.29) is 0 Å². The van der Waals surface area contributed by atoms with Crippen LogP contribution in [-0.4, -0.2) is 88.0 Å². The molecule has 9 nitrogen and oxygen atoms in total. The molecule has 1 saturated heterocycles. The second kappa shape index (κ2) is 10.4. The number of aromatic nitrogens is 5. The highest BCUT2D eigenvalue weighted by Crippen LogP contribution is 2.25. The van der Waals surface area contributed by atoms with Gasteiger partial charge in [0, 0.05) is 49.9 Å². The van der Waals surface area contributed by atoms with Gasteiger partial charge in [0.05, 0.1) is 37.4 Å². The smallest absolute Gasteiger partial charge is 0.232 e. The zero-order chi connectivity index (χ0) is 24.2. The standard InChI is InChI=1S/C26H31N7O2/c1-19-23-14-21(15-28-26(23)33(30-19)18-20-4-6-22(34-3)7-5-20)24-16-27-17-25(29-24)35-13-12-32-10-8-31(2)9-11-32/h4-7,14-17H,8-13,18H2,1-3H3. The Labute approximate surface area is 205 Å². The van der Waals surface area contributed by atoms with E-state index in [1.54, 1.807) is 19.5 Å². The van der Waals surface area contributed by atoms with E-state index in [9.17, 15) is 0 Å². The molecule has 5 rings (SSSR count). The van der Waals surface area contributed by atoms with Crippen LogP contribution in [0, 0.1) is 6.92 Å². The molecule has 0 bridgehead atoms. The van der Waals surface area contributed by atoms with Crippen molar-refractivity contribution < 1.29 is 9.47 Å². The van der Waals surface area contributed by atoms with Gasteiger partial charge in [-0.25, -0.2) is 14.6 Å². The molecule has 1 fully saturated rings. The molecule has 4 heterocycles. The van der Waals surface area contributed by atoms with Gasteiger partial charge in [-0.2, -0.15) is 5.10 Å². The number of hydrogen-bond donors (Lipinski definition) is 0. The predicted molar refractivity (Wildman–Crippen MR) is 135 cm³/mol. The summed E-state index contributed by atoms with van der Waals surface area (Å²) in [7, 11) is 3.83. The van der Waals surface area contributed by atoms with Gasteiger partial charge < -0.3 is 14.4 Å². The van der Waals surface area contributed by atoms with Crippen LogP contribution >= 0.6 is 0 Å². The zero-order valence-electron chi connectivity index (χ0n) is 20.5. The number of benzene rings is 1. The third-order valence-corrected chi connectivity index (χ3v) is 6.42. The van der Waals surface area contributed by atoms with Crippen LogP contribution < -0.4 is 9.47 Å². The average molecular weight is 474 g/mol. The fourth-order valence-electron chi connectivity index (χ4n) is 4.27. The fraction of sp³-hybridized carbons (Fsp3) is 0.385. The van der Waals surface area contributed by atoms with Crippen LogP contribution in [0.1, 0.15) is 11.3 Å². The Kier molecular flexibility index (Phi) is 6.87. The number of ether oxygens (including phenoxy) is 2. The Morgan fingerprint density at radius 2 is 1.80 bits per heavy atom. The molecule has 1 aliphatic heterocycles. The Bertz CT molecular complexity index is 1280. The van der Waals surface area contributed by atoms with Crippen LogP contribution in [0.4, 0.5) is 0 Å². The molecule has 0 amide bonds. The summed E-state index contributed by atoms with van der Waals surface area (Å²) in [5.74, 6) is 1.37. The van der Waals surface area contributed by atoms with Gasteiger partial charge in [-0.3, -0.25) is 9.88 Å². The van der Waals surface area contributed by atoms with Crippen LogP contribution in [0.3, 0.4) is 0 Å². The molecular formula is C26H31N7O2. The predicted octanol–water partition coefficient (Wildman–Crippen LogP) is 2.88. The molecule has 1 aliphatic rings. The number of nitrogens with zero attached hydrogens (tertiary/aromatic N) is 7. The molecule has 1 aromatic carbocycles.